The van der Waals surface area contributed by atoms with Crippen LogP contribution < -0.4 is 0 Å². The first-order chi connectivity index (χ1) is 5.35. The predicted octanol–water partition coefficient (Wildman–Crippen LogP) is 3.18. The van der Waals surface area contributed by atoms with Gasteiger partial charge in [0.1, 0.15) is 6.29 Å². The Morgan fingerprint density at radius 1 is 1.09 bits per heavy atom. The Hall–Kier alpha value is -0.330. The molecule has 1 atom stereocenters. The summed E-state index contributed by atoms with van der Waals surface area (Å²) in [5.74, 6) is 0.339. The molecule has 0 bridgehead atoms. The van der Waals surface area contributed by atoms with Gasteiger partial charge in [0.25, 0.3) is 0 Å². The quantitative estimate of drug-likeness (QED) is 0.408. The van der Waals surface area contributed by atoms with E-state index in [1.54, 1.807) is 0 Å². The number of unbranched alkanes of at least 4 members (excludes halogenated alkanes) is 2. The lowest BCUT2D eigenvalue weighted by Gasteiger charge is -2.06. The third-order valence-corrected chi connectivity index (χ3v) is 2.03. The van der Waals surface area contributed by atoms with Crippen molar-refractivity contribution in [3.05, 3.63) is 0 Å². The summed E-state index contributed by atoms with van der Waals surface area (Å²) >= 11 is 0. The van der Waals surface area contributed by atoms with Gasteiger partial charge in [-0.2, -0.15) is 0 Å². The lowest BCUT2D eigenvalue weighted by Crippen LogP contribution is -2.00. The van der Waals surface area contributed by atoms with E-state index in [4.69, 9.17) is 0 Å². The second kappa shape index (κ2) is 7.77. The van der Waals surface area contributed by atoms with Gasteiger partial charge in [0, 0.05) is 5.92 Å². The van der Waals surface area contributed by atoms with Gasteiger partial charge in [-0.3, -0.25) is 0 Å². The maximum absolute atomic E-state index is 10.5. The fourth-order valence-electron chi connectivity index (χ4n) is 1.31. The normalized spacial score (nSPS) is 12.9. The standard InChI is InChI=1S/C10H20O/c1-3-5-6-8-10(9-11)7-4-2/h9-10H,3-8H2,1-2H3. The summed E-state index contributed by atoms with van der Waals surface area (Å²) in [6.07, 6.45) is 8.18. The van der Waals surface area contributed by atoms with Crippen molar-refractivity contribution < 1.29 is 4.79 Å². The summed E-state index contributed by atoms with van der Waals surface area (Å²) in [4.78, 5) is 10.5. The van der Waals surface area contributed by atoms with Gasteiger partial charge in [-0.25, -0.2) is 0 Å². The Morgan fingerprint density at radius 3 is 2.27 bits per heavy atom. The van der Waals surface area contributed by atoms with Gasteiger partial charge in [0.15, 0.2) is 0 Å². The van der Waals surface area contributed by atoms with Crippen LogP contribution in [0.15, 0.2) is 0 Å². The lowest BCUT2D eigenvalue weighted by atomic mass is 9.98. The molecule has 1 heteroatoms. The minimum Gasteiger partial charge on any atom is -0.303 e. The molecule has 0 radical (unpaired) electrons. The zero-order valence-electron chi connectivity index (χ0n) is 7.81. The summed E-state index contributed by atoms with van der Waals surface area (Å²) in [6, 6.07) is 0. The number of rotatable bonds is 7. The molecule has 0 heterocycles. The second-order valence-corrected chi connectivity index (χ2v) is 3.18. The largest absolute Gasteiger partial charge is 0.303 e. The van der Waals surface area contributed by atoms with Crippen LogP contribution in [0.5, 0.6) is 0 Å². The molecular weight excluding hydrogens is 136 g/mol. The minimum atomic E-state index is 0.339. The fraction of sp³-hybridized carbons (Fsp3) is 0.900. The maximum atomic E-state index is 10.5. The van der Waals surface area contributed by atoms with Crippen LogP contribution >= 0.6 is 0 Å². The van der Waals surface area contributed by atoms with Crippen LogP contribution in [0.2, 0.25) is 0 Å². The molecule has 0 aromatic carbocycles. The van der Waals surface area contributed by atoms with Crippen molar-refractivity contribution in [2.75, 3.05) is 0 Å². The third-order valence-electron chi connectivity index (χ3n) is 2.03. The average molecular weight is 156 g/mol. The number of carbonyl (C=O) groups is 1. The van der Waals surface area contributed by atoms with Crippen molar-refractivity contribution >= 4 is 6.29 Å². The van der Waals surface area contributed by atoms with Crippen molar-refractivity contribution in [2.24, 2.45) is 5.92 Å². The van der Waals surface area contributed by atoms with Gasteiger partial charge in [-0.05, 0) is 12.8 Å². The van der Waals surface area contributed by atoms with E-state index in [0.29, 0.717) is 5.92 Å². The van der Waals surface area contributed by atoms with Crippen LogP contribution in [-0.4, -0.2) is 6.29 Å². The molecule has 0 saturated heterocycles. The highest BCUT2D eigenvalue weighted by atomic mass is 16.1. The lowest BCUT2D eigenvalue weighted by molar-refractivity contribution is -0.111. The van der Waals surface area contributed by atoms with Crippen molar-refractivity contribution in [1.29, 1.82) is 0 Å². The number of aldehydes is 1. The molecule has 11 heavy (non-hydrogen) atoms. The highest BCUT2D eigenvalue weighted by Crippen LogP contribution is 2.12. The van der Waals surface area contributed by atoms with Gasteiger partial charge < -0.3 is 4.79 Å². The summed E-state index contributed by atoms with van der Waals surface area (Å²) in [5, 5.41) is 0. The van der Waals surface area contributed by atoms with Crippen molar-refractivity contribution in [3.63, 3.8) is 0 Å². The van der Waals surface area contributed by atoms with Crippen LogP contribution in [0.1, 0.15) is 52.4 Å². The molecule has 1 unspecified atom stereocenters. The highest BCUT2D eigenvalue weighted by Gasteiger charge is 2.04. The van der Waals surface area contributed by atoms with E-state index in [2.05, 4.69) is 13.8 Å². The van der Waals surface area contributed by atoms with Crippen LogP contribution in [-0.2, 0) is 4.79 Å². The third kappa shape index (κ3) is 6.08. The molecule has 0 N–H and O–H groups in total. The molecule has 0 aromatic heterocycles. The van der Waals surface area contributed by atoms with Gasteiger partial charge >= 0.3 is 0 Å². The van der Waals surface area contributed by atoms with E-state index in [1.807, 2.05) is 0 Å². The molecule has 0 spiro atoms. The molecular formula is C10H20O. The number of carbonyl (C=O) groups excluding carboxylic acids is 1. The highest BCUT2D eigenvalue weighted by molar-refractivity contribution is 5.53. The molecule has 0 aromatic rings. The minimum absolute atomic E-state index is 0.339. The topological polar surface area (TPSA) is 17.1 Å². The average Bonchev–Trinajstić information content (AvgIpc) is 2.03. The van der Waals surface area contributed by atoms with E-state index < -0.39 is 0 Å². The summed E-state index contributed by atoms with van der Waals surface area (Å²) < 4.78 is 0. The Balaban J connectivity index is 3.28. The van der Waals surface area contributed by atoms with E-state index in [-0.39, 0.29) is 0 Å². The summed E-state index contributed by atoms with van der Waals surface area (Å²) in [6.45, 7) is 4.33. The Morgan fingerprint density at radius 2 is 1.82 bits per heavy atom. The zero-order chi connectivity index (χ0) is 8.53. The second-order valence-electron chi connectivity index (χ2n) is 3.18. The first-order valence-electron chi connectivity index (χ1n) is 4.80. The van der Waals surface area contributed by atoms with Crippen LogP contribution in [0.3, 0.4) is 0 Å². The first-order valence-corrected chi connectivity index (χ1v) is 4.80. The Kier molecular flexibility index (Phi) is 7.54. The Bertz CT molecular complexity index is 88.9. The van der Waals surface area contributed by atoms with Gasteiger partial charge in [-0.1, -0.05) is 39.5 Å². The van der Waals surface area contributed by atoms with Gasteiger partial charge in [0.05, 0.1) is 0 Å². The Labute approximate surface area is 70.2 Å². The van der Waals surface area contributed by atoms with Crippen LogP contribution in [0, 0.1) is 5.92 Å². The van der Waals surface area contributed by atoms with Crippen molar-refractivity contribution in [2.45, 2.75) is 52.4 Å². The first kappa shape index (κ1) is 10.7. The smallest absolute Gasteiger partial charge is 0.123 e. The maximum Gasteiger partial charge on any atom is 0.123 e. The molecule has 0 rings (SSSR count). The van der Waals surface area contributed by atoms with E-state index in [0.717, 1.165) is 25.5 Å². The van der Waals surface area contributed by atoms with Gasteiger partial charge in [-0.15, -0.1) is 0 Å². The summed E-state index contributed by atoms with van der Waals surface area (Å²) in [5.41, 5.74) is 0. The molecule has 0 aliphatic carbocycles. The van der Waals surface area contributed by atoms with Crippen LogP contribution in [0.25, 0.3) is 0 Å². The summed E-state index contributed by atoms with van der Waals surface area (Å²) in [7, 11) is 0. The zero-order valence-corrected chi connectivity index (χ0v) is 7.81. The van der Waals surface area contributed by atoms with E-state index in [9.17, 15) is 4.79 Å². The molecule has 66 valence electrons. The fourth-order valence-corrected chi connectivity index (χ4v) is 1.31. The van der Waals surface area contributed by atoms with E-state index >= 15 is 0 Å². The molecule has 0 aliphatic heterocycles. The van der Waals surface area contributed by atoms with E-state index in [1.165, 1.54) is 19.3 Å². The van der Waals surface area contributed by atoms with Gasteiger partial charge in [0.2, 0.25) is 0 Å². The molecule has 0 aliphatic rings. The van der Waals surface area contributed by atoms with Crippen LogP contribution in [0.4, 0.5) is 0 Å². The molecule has 0 amide bonds. The molecule has 0 saturated carbocycles. The number of hydrogen-bond donors (Lipinski definition) is 0. The molecule has 1 nitrogen and oxygen atoms in total. The van der Waals surface area contributed by atoms with Crippen molar-refractivity contribution in [1.82, 2.24) is 0 Å². The van der Waals surface area contributed by atoms with Crippen molar-refractivity contribution in [3.8, 4) is 0 Å². The monoisotopic (exact) mass is 156 g/mol. The number of hydrogen-bond acceptors (Lipinski definition) is 1. The predicted molar refractivity (Wildman–Crippen MR) is 48.6 cm³/mol. The molecule has 0 fully saturated rings. The SMILES string of the molecule is CCCCCC(C=O)CCC.